The molecule has 3 aromatic heterocycles. The van der Waals surface area contributed by atoms with Crippen LogP contribution >= 0.6 is 0 Å². The van der Waals surface area contributed by atoms with Gasteiger partial charge in [-0.15, -0.1) is 10.2 Å². The molecule has 3 aliphatic heterocycles. The van der Waals surface area contributed by atoms with Crippen LogP contribution in [0.3, 0.4) is 0 Å². The SMILES string of the molecule is CC(C)N1C(=O)N(c2ccc(N3CCN(c4ccc(OC[C@H]5OC[C@](Cn6cncn6)(c6ccc(F)cc6F)O5)cc4)CC3)cc2)C(c2ccn(On3cccn3)n2)C1(O)C1CC1. The lowest BCUT2D eigenvalue weighted by Crippen LogP contribution is -2.53. The van der Waals surface area contributed by atoms with Crippen LogP contribution in [-0.2, 0) is 21.6 Å². The van der Waals surface area contributed by atoms with Gasteiger partial charge in [0.25, 0.3) is 0 Å². The predicted octanol–water partition coefficient (Wildman–Crippen LogP) is 5.01. The van der Waals surface area contributed by atoms with Crippen LogP contribution in [0.5, 0.6) is 5.75 Å². The van der Waals surface area contributed by atoms with Crippen LogP contribution in [-0.4, -0.2) is 108 Å². The Morgan fingerprint density at radius 3 is 2.24 bits per heavy atom. The van der Waals surface area contributed by atoms with Crippen molar-refractivity contribution >= 4 is 23.1 Å². The lowest BCUT2D eigenvalue weighted by Gasteiger charge is -2.38. The first-order valence-electron chi connectivity index (χ1n) is 21.1. The highest BCUT2D eigenvalue weighted by Gasteiger charge is 2.65. The molecule has 63 heavy (non-hydrogen) atoms. The Balaban J connectivity index is 0.772. The van der Waals surface area contributed by atoms with Crippen molar-refractivity contribution in [3.8, 4) is 5.75 Å². The van der Waals surface area contributed by atoms with Gasteiger partial charge in [0.05, 0.1) is 37.4 Å². The third kappa shape index (κ3) is 7.69. The number of rotatable bonds is 14. The minimum atomic E-state index is -1.46. The molecule has 6 aromatic rings. The van der Waals surface area contributed by atoms with Gasteiger partial charge in [0, 0.05) is 66.8 Å². The molecule has 2 unspecified atom stereocenters. The fourth-order valence-corrected chi connectivity index (χ4v) is 9.11. The molecular weight excluding hydrogens is 817 g/mol. The Labute approximate surface area is 361 Å². The number of halogens is 2. The Kier molecular flexibility index (Phi) is 10.5. The zero-order valence-corrected chi connectivity index (χ0v) is 34.7. The fourth-order valence-electron chi connectivity index (χ4n) is 9.11. The number of aromatic nitrogens is 7. The van der Waals surface area contributed by atoms with Crippen molar-refractivity contribution < 1.29 is 37.8 Å². The molecule has 1 saturated carbocycles. The van der Waals surface area contributed by atoms with Gasteiger partial charge in [-0.2, -0.15) is 5.10 Å². The highest BCUT2D eigenvalue weighted by atomic mass is 19.1. The Bertz CT molecular complexity index is 2510. The van der Waals surface area contributed by atoms with E-state index in [1.54, 1.807) is 40.5 Å². The first kappa shape index (κ1) is 40.5. The lowest BCUT2D eigenvalue weighted by molar-refractivity contribution is -0.117. The molecular formula is C44H47F2N11O6. The lowest BCUT2D eigenvalue weighted by atomic mass is 9.94. The molecule has 3 saturated heterocycles. The van der Waals surface area contributed by atoms with Gasteiger partial charge in [0.1, 0.15) is 48.3 Å². The first-order chi connectivity index (χ1) is 30.6. The average molecular weight is 864 g/mol. The molecule has 1 N–H and O–H groups in total. The molecule has 4 fully saturated rings. The zero-order valence-electron chi connectivity index (χ0n) is 34.7. The van der Waals surface area contributed by atoms with E-state index in [9.17, 15) is 14.3 Å². The summed E-state index contributed by atoms with van der Waals surface area (Å²) >= 11 is 0. The third-order valence-electron chi connectivity index (χ3n) is 12.2. The average Bonchev–Trinajstić information content (AvgIpc) is 3.74. The zero-order chi connectivity index (χ0) is 43.3. The van der Waals surface area contributed by atoms with E-state index in [0.29, 0.717) is 17.1 Å². The minimum absolute atomic E-state index is 0.0103. The van der Waals surface area contributed by atoms with Gasteiger partial charge in [-0.25, -0.2) is 28.2 Å². The number of nitrogens with zero attached hydrogens (tertiary/aromatic N) is 11. The van der Waals surface area contributed by atoms with E-state index >= 15 is 4.39 Å². The second-order valence-corrected chi connectivity index (χ2v) is 16.6. The summed E-state index contributed by atoms with van der Waals surface area (Å²) in [5.41, 5.74) is 0.698. The van der Waals surface area contributed by atoms with Gasteiger partial charge in [-0.1, -0.05) is 15.8 Å². The maximum atomic E-state index is 15.0. The van der Waals surface area contributed by atoms with Crippen LogP contribution < -0.4 is 24.4 Å². The molecule has 2 amide bonds. The van der Waals surface area contributed by atoms with E-state index in [1.807, 2.05) is 62.4 Å². The summed E-state index contributed by atoms with van der Waals surface area (Å²) < 4.78 is 48.6. The van der Waals surface area contributed by atoms with Crippen LogP contribution in [0.4, 0.5) is 30.6 Å². The van der Waals surface area contributed by atoms with Gasteiger partial charge in [0.15, 0.2) is 12.0 Å². The van der Waals surface area contributed by atoms with Gasteiger partial charge in [-0.05, 0) is 93.4 Å². The monoisotopic (exact) mass is 863 g/mol. The Hall–Kier alpha value is -6.57. The van der Waals surface area contributed by atoms with Crippen LogP contribution in [0.25, 0.3) is 0 Å². The van der Waals surface area contributed by atoms with E-state index in [0.717, 1.165) is 56.5 Å². The number of urea groups is 1. The number of aliphatic hydroxyl groups is 1. The van der Waals surface area contributed by atoms with Crippen molar-refractivity contribution in [3.63, 3.8) is 0 Å². The quantitative estimate of drug-likeness (QED) is 0.157. The van der Waals surface area contributed by atoms with Crippen LogP contribution in [0.1, 0.15) is 44.0 Å². The maximum absolute atomic E-state index is 15.0. The molecule has 3 aromatic carbocycles. The Morgan fingerprint density at radius 2 is 1.60 bits per heavy atom. The summed E-state index contributed by atoms with van der Waals surface area (Å²) in [5.74, 6) is -0.887. The maximum Gasteiger partial charge on any atom is 0.327 e. The molecule has 328 valence electrons. The molecule has 1 aliphatic carbocycles. The summed E-state index contributed by atoms with van der Waals surface area (Å²) in [7, 11) is 0. The molecule has 0 radical (unpaired) electrons. The highest BCUT2D eigenvalue weighted by Crippen LogP contribution is 2.55. The van der Waals surface area contributed by atoms with Crippen molar-refractivity contribution in [1.82, 2.24) is 39.6 Å². The van der Waals surface area contributed by atoms with Gasteiger partial charge in [-0.3, -0.25) is 9.80 Å². The van der Waals surface area contributed by atoms with E-state index < -0.39 is 35.3 Å². The number of piperazine rings is 1. The van der Waals surface area contributed by atoms with Crippen LogP contribution in [0.2, 0.25) is 0 Å². The third-order valence-corrected chi connectivity index (χ3v) is 12.2. The number of carbonyl (C=O) groups excluding carboxylic acids is 1. The molecule has 0 spiro atoms. The van der Waals surface area contributed by atoms with E-state index in [2.05, 4.69) is 30.1 Å². The molecule has 4 atom stereocenters. The van der Waals surface area contributed by atoms with Crippen LogP contribution in [0.15, 0.2) is 110 Å². The molecule has 6 heterocycles. The summed E-state index contributed by atoms with van der Waals surface area (Å²) in [4.78, 5) is 34.4. The van der Waals surface area contributed by atoms with Gasteiger partial charge in [0.2, 0.25) is 0 Å². The van der Waals surface area contributed by atoms with Crippen molar-refractivity contribution in [1.29, 1.82) is 0 Å². The molecule has 0 bridgehead atoms. The van der Waals surface area contributed by atoms with Crippen molar-refractivity contribution in [2.75, 3.05) is 54.1 Å². The number of anilines is 3. The summed E-state index contributed by atoms with van der Waals surface area (Å²) in [6.07, 6.45) is 8.58. The fraction of sp³-hybridized carbons (Fsp3) is 0.386. The van der Waals surface area contributed by atoms with Crippen molar-refractivity contribution in [2.24, 2.45) is 5.92 Å². The molecule has 4 aliphatic rings. The molecule has 10 rings (SSSR count). The first-order valence-corrected chi connectivity index (χ1v) is 21.1. The van der Waals surface area contributed by atoms with Gasteiger partial charge < -0.3 is 29.1 Å². The number of ether oxygens (including phenoxy) is 3. The minimum Gasteiger partial charge on any atom is -0.488 e. The predicted molar refractivity (Wildman–Crippen MR) is 223 cm³/mol. The van der Waals surface area contributed by atoms with Crippen molar-refractivity contribution in [3.05, 3.63) is 133 Å². The second kappa shape index (κ2) is 16.3. The number of amides is 2. The van der Waals surface area contributed by atoms with E-state index in [1.165, 1.54) is 39.2 Å². The Morgan fingerprint density at radius 1 is 0.889 bits per heavy atom. The normalized spacial score (nSPS) is 23.9. The molecule has 17 nitrogen and oxygen atoms in total. The largest absolute Gasteiger partial charge is 0.488 e. The number of hydrogen-bond acceptors (Lipinski definition) is 12. The smallest absolute Gasteiger partial charge is 0.327 e. The molecule has 19 heteroatoms. The number of carbonyl (C=O) groups is 1. The summed E-state index contributed by atoms with van der Waals surface area (Å²) in [5, 5.41) is 25.4. The topological polar surface area (TPSA) is 154 Å². The second-order valence-electron chi connectivity index (χ2n) is 16.6. The highest BCUT2D eigenvalue weighted by molar-refractivity contribution is 5.97. The van der Waals surface area contributed by atoms with Crippen LogP contribution in [0, 0.1) is 17.6 Å². The van der Waals surface area contributed by atoms with E-state index in [-0.39, 0.29) is 43.3 Å². The van der Waals surface area contributed by atoms with Crippen molar-refractivity contribution in [2.45, 2.75) is 62.9 Å². The number of hydrogen-bond donors (Lipinski definition) is 1. The van der Waals surface area contributed by atoms with Gasteiger partial charge >= 0.3 is 6.03 Å². The summed E-state index contributed by atoms with van der Waals surface area (Å²) in [6.45, 7) is 7.15. The number of benzene rings is 3. The summed E-state index contributed by atoms with van der Waals surface area (Å²) in [6, 6.07) is 21.4. The standard InChI is InChI=1S/C44H47F2N11O6/c1-30(2)57-42(58)56(41(44(57,59)31-4-5-31)39-16-19-55(50-39)63-54-18-3-17-48-54)35-9-7-33(8-10-35)51-20-22-52(23-21-51)34-11-13-36(14-12-34)60-25-40-61-27-43(62-40,26-53-29-47-28-49-53)37-15-6-32(45)24-38(37)46/h3,6-19,24,28-31,40-41,59H,4-5,20-23,25-27H2,1-2H3/t40-,41?,43+,44?/m0/s1. The van der Waals surface area contributed by atoms with E-state index in [4.69, 9.17) is 19.1 Å².